The van der Waals surface area contributed by atoms with Gasteiger partial charge in [0, 0.05) is 17.0 Å². The molecular weight excluding hydrogens is 350 g/mol. The molecule has 0 aliphatic carbocycles. The van der Waals surface area contributed by atoms with Gasteiger partial charge in [0.1, 0.15) is 5.75 Å². The highest BCUT2D eigenvalue weighted by atomic mass is 35.5. The lowest BCUT2D eigenvalue weighted by molar-refractivity contribution is -0.116. The number of phenolic OH excluding ortho intramolecular Hbond substituents is 1. The van der Waals surface area contributed by atoms with Crippen LogP contribution in [0.25, 0.3) is 11.4 Å². The molecule has 2 aromatic carbocycles. The van der Waals surface area contributed by atoms with Crippen LogP contribution >= 0.6 is 11.6 Å². The zero-order chi connectivity index (χ0) is 18.4. The lowest BCUT2D eigenvalue weighted by Gasteiger charge is -2.06. The molecule has 1 amide bonds. The number of aromatic hydroxyl groups is 1. The highest BCUT2D eigenvalue weighted by molar-refractivity contribution is 6.30. The summed E-state index contributed by atoms with van der Waals surface area (Å²) in [5.41, 5.74) is 2.41. The van der Waals surface area contributed by atoms with Gasteiger partial charge in [-0.05, 0) is 42.7 Å². The molecule has 0 unspecified atom stereocenters. The van der Waals surface area contributed by atoms with E-state index in [1.807, 2.05) is 30.3 Å². The van der Waals surface area contributed by atoms with Gasteiger partial charge in [-0.3, -0.25) is 4.79 Å². The number of aromatic nitrogens is 2. The molecule has 0 spiro atoms. The van der Waals surface area contributed by atoms with Crippen LogP contribution in [0.4, 0.5) is 5.69 Å². The maximum absolute atomic E-state index is 12.0. The maximum atomic E-state index is 12.0. The van der Waals surface area contributed by atoms with Crippen molar-refractivity contribution < 1.29 is 9.90 Å². The Morgan fingerprint density at radius 1 is 1.08 bits per heavy atom. The van der Waals surface area contributed by atoms with Gasteiger partial charge in [-0.25, -0.2) is 9.97 Å². The number of carbonyl (C=O) groups excluding carboxylic acids is 1. The van der Waals surface area contributed by atoms with Crippen LogP contribution in [0.3, 0.4) is 0 Å². The number of amides is 1. The van der Waals surface area contributed by atoms with Crippen molar-refractivity contribution >= 4 is 23.2 Å². The van der Waals surface area contributed by atoms with E-state index in [4.69, 9.17) is 11.6 Å². The Balaban J connectivity index is 1.50. The van der Waals surface area contributed by atoms with Crippen molar-refractivity contribution in [2.24, 2.45) is 0 Å². The number of nitrogens with zero attached hydrogens (tertiary/aromatic N) is 2. The minimum absolute atomic E-state index is 0.0762. The molecule has 0 bridgehead atoms. The van der Waals surface area contributed by atoms with E-state index in [-0.39, 0.29) is 11.7 Å². The van der Waals surface area contributed by atoms with E-state index in [2.05, 4.69) is 15.3 Å². The fraction of sp³-hybridized carbons (Fsp3) is 0.150. The molecule has 0 saturated heterocycles. The molecule has 0 radical (unpaired) electrons. The maximum Gasteiger partial charge on any atom is 0.224 e. The summed E-state index contributed by atoms with van der Waals surface area (Å²) in [6, 6.07) is 14.3. The Bertz CT molecular complexity index is 880. The van der Waals surface area contributed by atoms with Crippen LogP contribution < -0.4 is 5.32 Å². The van der Waals surface area contributed by atoms with Gasteiger partial charge < -0.3 is 10.4 Å². The summed E-state index contributed by atoms with van der Waals surface area (Å²) in [6.45, 7) is 0. The first-order valence-corrected chi connectivity index (χ1v) is 8.64. The van der Waals surface area contributed by atoms with E-state index in [1.165, 1.54) is 0 Å². The number of rotatable bonds is 6. The molecule has 26 heavy (non-hydrogen) atoms. The van der Waals surface area contributed by atoms with Crippen molar-refractivity contribution in [3.8, 4) is 17.1 Å². The van der Waals surface area contributed by atoms with E-state index in [9.17, 15) is 9.90 Å². The van der Waals surface area contributed by atoms with Crippen molar-refractivity contribution in [3.05, 3.63) is 71.5 Å². The largest absolute Gasteiger partial charge is 0.508 e. The highest BCUT2D eigenvalue weighted by Crippen LogP contribution is 2.20. The SMILES string of the molecule is O=C(CCCc1ccc(Cl)cc1)Nc1cnc(-c2cccc(O)c2)nc1. The summed E-state index contributed by atoms with van der Waals surface area (Å²) >= 11 is 5.86. The predicted octanol–water partition coefficient (Wildman–Crippen LogP) is 4.46. The van der Waals surface area contributed by atoms with Gasteiger partial charge >= 0.3 is 0 Å². The van der Waals surface area contributed by atoms with Crippen LogP contribution in [-0.2, 0) is 11.2 Å². The Labute approximate surface area is 156 Å². The smallest absolute Gasteiger partial charge is 0.224 e. The van der Waals surface area contributed by atoms with Crippen LogP contribution in [0.2, 0.25) is 5.02 Å². The number of hydrogen-bond donors (Lipinski definition) is 2. The molecule has 0 aliphatic rings. The number of anilines is 1. The average molecular weight is 368 g/mol. The van der Waals surface area contributed by atoms with Gasteiger partial charge in [-0.2, -0.15) is 0 Å². The zero-order valence-corrected chi connectivity index (χ0v) is 14.8. The molecule has 0 aliphatic heterocycles. The summed E-state index contributed by atoms with van der Waals surface area (Å²) in [6.07, 6.45) is 5.09. The Kier molecular flexibility index (Phi) is 5.81. The summed E-state index contributed by atoms with van der Waals surface area (Å²) in [7, 11) is 0. The monoisotopic (exact) mass is 367 g/mol. The van der Waals surface area contributed by atoms with Gasteiger partial charge in [-0.1, -0.05) is 35.9 Å². The first kappa shape index (κ1) is 17.9. The van der Waals surface area contributed by atoms with Gasteiger partial charge in [0.2, 0.25) is 5.91 Å². The molecule has 0 fully saturated rings. The second kappa shape index (κ2) is 8.45. The Hall–Kier alpha value is -2.92. The highest BCUT2D eigenvalue weighted by Gasteiger charge is 2.06. The Morgan fingerprint density at radius 3 is 2.50 bits per heavy atom. The van der Waals surface area contributed by atoms with Crippen LogP contribution in [0.15, 0.2) is 60.9 Å². The van der Waals surface area contributed by atoms with Crippen LogP contribution in [0.5, 0.6) is 5.75 Å². The van der Waals surface area contributed by atoms with Gasteiger partial charge in [0.15, 0.2) is 5.82 Å². The van der Waals surface area contributed by atoms with Crippen molar-refractivity contribution in [1.82, 2.24) is 9.97 Å². The van der Waals surface area contributed by atoms with Crippen molar-refractivity contribution in [1.29, 1.82) is 0 Å². The molecule has 3 aromatic rings. The molecule has 3 rings (SSSR count). The van der Waals surface area contributed by atoms with Crippen molar-refractivity contribution in [2.45, 2.75) is 19.3 Å². The standard InChI is InChI=1S/C20H18ClN3O2/c21-16-9-7-14(8-10-16)3-1-6-19(26)24-17-12-22-20(23-13-17)15-4-2-5-18(25)11-15/h2,4-5,7-13,25H,1,3,6H2,(H,24,26). The third-order valence-corrected chi connectivity index (χ3v) is 4.07. The number of aryl methyl sites for hydroxylation is 1. The van der Waals surface area contributed by atoms with Gasteiger partial charge in [0.05, 0.1) is 18.1 Å². The minimum atomic E-state index is -0.0762. The first-order valence-electron chi connectivity index (χ1n) is 8.26. The molecule has 6 heteroatoms. The molecule has 1 heterocycles. The van der Waals surface area contributed by atoms with Crippen LogP contribution in [0.1, 0.15) is 18.4 Å². The number of benzene rings is 2. The molecule has 2 N–H and O–H groups in total. The van der Waals surface area contributed by atoms with Crippen molar-refractivity contribution in [3.63, 3.8) is 0 Å². The number of hydrogen-bond acceptors (Lipinski definition) is 4. The second-order valence-electron chi connectivity index (χ2n) is 5.87. The van der Waals surface area contributed by atoms with E-state index < -0.39 is 0 Å². The topological polar surface area (TPSA) is 75.1 Å². The lowest BCUT2D eigenvalue weighted by atomic mass is 10.1. The molecule has 5 nitrogen and oxygen atoms in total. The molecule has 1 aromatic heterocycles. The summed E-state index contributed by atoms with van der Waals surface area (Å²) in [4.78, 5) is 20.5. The number of halogens is 1. The second-order valence-corrected chi connectivity index (χ2v) is 6.31. The number of carbonyl (C=O) groups is 1. The molecule has 132 valence electrons. The van der Waals surface area contributed by atoms with Gasteiger partial charge in [0.25, 0.3) is 0 Å². The lowest BCUT2D eigenvalue weighted by Crippen LogP contribution is -2.12. The normalized spacial score (nSPS) is 10.5. The minimum Gasteiger partial charge on any atom is -0.508 e. The quantitative estimate of drug-likeness (QED) is 0.674. The summed E-state index contributed by atoms with van der Waals surface area (Å²) < 4.78 is 0. The molecule has 0 atom stereocenters. The van der Waals surface area contributed by atoms with Crippen LogP contribution in [-0.4, -0.2) is 21.0 Å². The fourth-order valence-electron chi connectivity index (χ4n) is 2.51. The summed E-state index contributed by atoms with van der Waals surface area (Å²) in [5.74, 6) is 0.568. The predicted molar refractivity (Wildman–Crippen MR) is 102 cm³/mol. The van der Waals surface area contributed by atoms with E-state index in [0.29, 0.717) is 28.5 Å². The van der Waals surface area contributed by atoms with E-state index >= 15 is 0 Å². The first-order chi connectivity index (χ1) is 12.6. The van der Waals surface area contributed by atoms with Gasteiger partial charge in [-0.15, -0.1) is 0 Å². The molecule has 0 saturated carbocycles. The third kappa shape index (κ3) is 5.04. The van der Waals surface area contributed by atoms with Crippen LogP contribution in [0, 0.1) is 0 Å². The van der Waals surface area contributed by atoms with Crippen molar-refractivity contribution in [2.75, 3.05) is 5.32 Å². The third-order valence-electron chi connectivity index (χ3n) is 3.82. The van der Waals surface area contributed by atoms with E-state index in [1.54, 1.807) is 30.6 Å². The number of nitrogens with one attached hydrogen (secondary N) is 1. The average Bonchev–Trinajstić information content (AvgIpc) is 2.64. The Morgan fingerprint density at radius 2 is 1.81 bits per heavy atom. The fourth-order valence-corrected chi connectivity index (χ4v) is 2.64. The molecular formula is C20H18ClN3O2. The van der Waals surface area contributed by atoms with E-state index in [0.717, 1.165) is 18.4 Å². The number of phenols is 1. The zero-order valence-electron chi connectivity index (χ0n) is 14.0. The summed E-state index contributed by atoms with van der Waals surface area (Å²) in [5, 5.41) is 13.0.